The molecule has 0 atom stereocenters. The maximum absolute atomic E-state index is 11.0. The number of carbonyl (C=O) groups is 1. The number of rotatable bonds is 2. The van der Waals surface area contributed by atoms with Crippen molar-refractivity contribution in [3.8, 4) is 11.3 Å². The fourth-order valence-electron chi connectivity index (χ4n) is 2.17. The Morgan fingerprint density at radius 3 is 2.55 bits per heavy atom. The normalized spacial score (nSPS) is 10.9. The van der Waals surface area contributed by atoms with Gasteiger partial charge in [-0.2, -0.15) is 0 Å². The van der Waals surface area contributed by atoms with E-state index < -0.39 is 5.97 Å². The van der Waals surface area contributed by atoms with Crippen LogP contribution in [0.25, 0.3) is 16.9 Å². The molecule has 0 radical (unpaired) electrons. The topological polar surface area (TPSA) is 54.6 Å². The predicted octanol–water partition coefficient (Wildman–Crippen LogP) is 3.66. The minimum atomic E-state index is -0.951. The minimum Gasteiger partial charge on any atom is -0.478 e. The van der Waals surface area contributed by atoms with Crippen LogP contribution >= 0.6 is 11.6 Å². The molecule has 1 N–H and O–H groups in total. The van der Waals surface area contributed by atoms with Crippen molar-refractivity contribution in [2.75, 3.05) is 0 Å². The maximum Gasteiger partial charge on any atom is 0.337 e. The first kappa shape index (κ1) is 12.7. The van der Waals surface area contributed by atoms with Gasteiger partial charge in [-0.1, -0.05) is 23.7 Å². The second-order valence-corrected chi connectivity index (χ2v) is 4.94. The average molecular weight is 287 g/mol. The molecule has 0 bridgehead atoms. The van der Waals surface area contributed by atoms with Gasteiger partial charge < -0.3 is 9.51 Å². The molecule has 0 saturated heterocycles. The van der Waals surface area contributed by atoms with Crippen molar-refractivity contribution in [3.63, 3.8) is 0 Å². The first-order valence-corrected chi connectivity index (χ1v) is 6.42. The number of benzene rings is 1. The summed E-state index contributed by atoms with van der Waals surface area (Å²) >= 11 is 5.88. The number of aromatic carboxylic acids is 1. The molecule has 0 aliphatic heterocycles. The third-order valence-corrected chi connectivity index (χ3v) is 3.47. The summed E-state index contributed by atoms with van der Waals surface area (Å²) in [6, 6.07) is 10.7. The SMILES string of the molecule is Cc1c(-c2ccc(Cl)cc2)nc2ccc(C(=O)O)cn12. The van der Waals surface area contributed by atoms with Crippen molar-refractivity contribution in [3.05, 3.63) is 58.9 Å². The molecule has 3 aromatic rings. The van der Waals surface area contributed by atoms with Gasteiger partial charge in [0.15, 0.2) is 0 Å². The van der Waals surface area contributed by atoms with Crippen molar-refractivity contribution in [2.45, 2.75) is 6.92 Å². The molecule has 5 heteroatoms. The number of hydrogen-bond donors (Lipinski definition) is 1. The number of carboxylic acids is 1. The van der Waals surface area contributed by atoms with Crippen LogP contribution in [-0.4, -0.2) is 20.5 Å². The van der Waals surface area contributed by atoms with Gasteiger partial charge in [-0.05, 0) is 31.2 Å². The Hall–Kier alpha value is -2.33. The highest BCUT2D eigenvalue weighted by Gasteiger charge is 2.12. The first-order chi connectivity index (χ1) is 9.56. The van der Waals surface area contributed by atoms with Gasteiger partial charge >= 0.3 is 5.97 Å². The largest absolute Gasteiger partial charge is 0.478 e. The zero-order valence-electron chi connectivity index (χ0n) is 10.7. The molecular formula is C15H11ClN2O2. The van der Waals surface area contributed by atoms with Crippen LogP contribution in [0.5, 0.6) is 0 Å². The first-order valence-electron chi connectivity index (χ1n) is 6.04. The third kappa shape index (κ3) is 2.04. The number of nitrogens with zero attached hydrogens (tertiary/aromatic N) is 2. The van der Waals surface area contributed by atoms with Gasteiger partial charge in [-0.25, -0.2) is 9.78 Å². The molecule has 0 spiro atoms. The molecule has 3 rings (SSSR count). The van der Waals surface area contributed by atoms with Crippen LogP contribution in [0.1, 0.15) is 16.1 Å². The number of aromatic nitrogens is 2. The molecule has 2 heterocycles. The summed E-state index contributed by atoms with van der Waals surface area (Å²) in [6.07, 6.45) is 1.58. The predicted molar refractivity (Wildman–Crippen MR) is 77.3 cm³/mol. The molecule has 0 fully saturated rings. The standard InChI is InChI=1S/C15H11ClN2O2/c1-9-14(10-2-5-12(16)6-3-10)17-13-7-4-11(15(19)20)8-18(9)13/h2-8H,1H3,(H,19,20). The van der Waals surface area contributed by atoms with Gasteiger partial charge in [0.1, 0.15) is 5.65 Å². The van der Waals surface area contributed by atoms with E-state index in [0.717, 1.165) is 22.6 Å². The maximum atomic E-state index is 11.0. The highest BCUT2D eigenvalue weighted by Crippen LogP contribution is 2.25. The van der Waals surface area contributed by atoms with E-state index in [1.807, 2.05) is 31.2 Å². The molecule has 0 amide bonds. The van der Waals surface area contributed by atoms with E-state index in [0.29, 0.717) is 5.02 Å². The van der Waals surface area contributed by atoms with E-state index >= 15 is 0 Å². The van der Waals surface area contributed by atoms with E-state index in [9.17, 15) is 4.79 Å². The summed E-state index contributed by atoms with van der Waals surface area (Å²) in [5.41, 5.74) is 3.63. The zero-order chi connectivity index (χ0) is 14.3. The number of carboxylic acid groups (broad SMARTS) is 1. The van der Waals surface area contributed by atoms with Gasteiger partial charge in [-0.15, -0.1) is 0 Å². The van der Waals surface area contributed by atoms with Gasteiger partial charge in [0.2, 0.25) is 0 Å². The monoisotopic (exact) mass is 286 g/mol. The third-order valence-electron chi connectivity index (χ3n) is 3.22. The van der Waals surface area contributed by atoms with Crippen LogP contribution in [0, 0.1) is 6.92 Å². The van der Waals surface area contributed by atoms with Crippen molar-refractivity contribution in [1.29, 1.82) is 0 Å². The summed E-state index contributed by atoms with van der Waals surface area (Å²) < 4.78 is 1.79. The zero-order valence-corrected chi connectivity index (χ0v) is 11.4. The lowest BCUT2D eigenvalue weighted by molar-refractivity contribution is 0.0696. The number of hydrogen-bond acceptors (Lipinski definition) is 2. The number of halogens is 1. The van der Waals surface area contributed by atoms with E-state index in [4.69, 9.17) is 16.7 Å². The Labute approximate surface area is 120 Å². The van der Waals surface area contributed by atoms with Crippen LogP contribution in [-0.2, 0) is 0 Å². The van der Waals surface area contributed by atoms with Crippen LogP contribution < -0.4 is 0 Å². The van der Waals surface area contributed by atoms with Crippen LogP contribution in [0.4, 0.5) is 0 Å². The number of fused-ring (bicyclic) bond motifs is 1. The van der Waals surface area contributed by atoms with Crippen molar-refractivity contribution in [1.82, 2.24) is 9.38 Å². The van der Waals surface area contributed by atoms with Gasteiger partial charge in [-0.3, -0.25) is 0 Å². The van der Waals surface area contributed by atoms with Gasteiger partial charge in [0.05, 0.1) is 11.3 Å². The number of pyridine rings is 1. The smallest absolute Gasteiger partial charge is 0.337 e. The van der Waals surface area contributed by atoms with Crippen molar-refractivity contribution >= 4 is 23.2 Å². The highest BCUT2D eigenvalue weighted by atomic mass is 35.5. The fourth-order valence-corrected chi connectivity index (χ4v) is 2.30. The molecule has 0 aliphatic rings. The molecule has 20 heavy (non-hydrogen) atoms. The molecule has 4 nitrogen and oxygen atoms in total. The average Bonchev–Trinajstić information content (AvgIpc) is 2.76. The van der Waals surface area contributed by atoms with Crippen molar-refractivity contribution in [2.24, 2.45) is 0 Å². The Morgan fingerprint density at radius 1 is 1.20 bits per heavy atom. The van der Waals surface area contributed by atoms with Crippen LogP contribution in [0.15, 0.2) is 42.6 Å². The lowest BCUT2D eigenvalue weighted by Gasteiger charge is -2.00. The molecule has 0 aliphatic carbocycles. The Balaban J connectivity index is 2.20. The van der Waals surface area contributed by atoms with Crippen molar-refractivity contribution < 1.29 is 9.90 Å². The van der Waals surface area contributed by atoms with E-state index in [1.165, 1.54) is 0 Å². The second-order valence-electron chi connectivity index (χ2n) is 4.50. The molecule has 0 unspecified atom stereocenters. The number of aryl methyl sites for hydroxylation is 1. The molecule has 2 aromatic heterocycles. The quantitative estimate of drug-likeness (QED) is 0.782. The Kier molecular flexibility index (Phi) is 2.95. The summed E-state index contributed by atoms with van der Waals surface area (Å²) in [7, 11) is 0. The summed E-state index contributed by atoms with van der Waals surface area (Å²) in [5, 5.41) is 9.71. The molecule has 100 valence electrons. The summed E-state index contributed by atoms with van der Waals surface area (Å²) in [6.45, 7) is 1.91. The Morgan fingerprint density at radius 2 is 1.90 bits per heavy atom. The number of imidazole rings is 1. The summed E-state index contributed by atoms with van der Waals surface area (Å²) in [4.78, 5) is 15.6. The van der Waals surface area contributed by atoms with Gasteiger partial charge in [0.25, 0.3) is 0 Å². The molecule has 0 saturated carbocycles. The van der Waals surface area contributed by atoms with Gasteiger partial charge in [0, 0.05) is 22.5 Å². The van der Waals surface area contributed by atoms with E-state index in [2.05, 4.69) is 4.98 Å². The minimum absolute atomic E-state index is 0.237. The molecular weight excluding hydrogens is 276 g/mol. The van der Waals surface area contributed by atoms with E-state index in [1.54, 1.807) is 22.7 Å². The summed E-state index contributed by atoms with van der Waals surface area (Å²) in [5.74, 6) is -0.951. The second kappa shape index (κ2) is 4.65. The Bertz CT molecular complexity index is 807. The lowest BCUT2D eigenvalue weighted by Crippen LogP contribution is -1.99. The van der Waals surface area contributed by atoms with Crippen LogP contribution in [0.3, 0.4) is 0 Å². The van der Waals surface area contributed by atoms with Crippen LogP contribution in [0.2, 0.25) is 5.02 Å². The fraction of sp³-hybridized carbons (Fsp3) is 0.0667. The molecule has 1 aromatic carbocycles. The highest BCUT2D eigenvalue weighted by molar-refractivity contribution is 6.30. The van der Waals surface area contributed by atoms with E-state index in [-0.39, 0.29) is 5.56 Å². The lowest BCUT2D eigenvalue weighted by atomic mass is 10.1.